The van der Waals surface area contributed by atoms with Crippen LogP contribution in [-0.2, 0) is 32.3 Å². The molecule has 0 bridgehead atoms. The number of nitrogens with one attached hydrogen (secondary N) is 1. The van der Waals surface area contributed by atoms with Crippen molar-refractivity contribution in [2.45, 2.75) is 56.7 Å². The molecule has 2 aliphatic rings. The van der Waals surface area contributed by atoms with E-state index in [1.165, 1.54) is 11.8 Å². The molecule has 10 heteroatoms. The zero-order chi connectivity index (χ0) is 25.9. The van der Waals surface area contributed by atoms with Crippen molar-refractivity contribution in [2.75, 3.05) is 11.5 Å². The summed E-state index contributed by atoms with van der Waals surface area (Å²) in [6.07, 6.45) is -0.444. The highest BCUT2D eigenvalue weighted by Gasteiger charge is 2.48. The topological polar surface area (TPSA) is 105 Å². The van der Waals surface area contributed by atoms with Crippen molar-refractivity contribution < 1.29 is 22.7 Å². The van der Waals surface area contributed by atoms with E-state index >= 15 is 0 Å². The third-order valence-electron chi connectivity index (χ3n) is 5.85. The van der Waals surface area contributed by atoms with Crippen LogP contribution < -0.4 is 5.32 Å². The zero-order valence-corrected chi connectivity index (χ0v) is 22.2. The van der Waals surface area contributed by atoms with Crippen molar-refractivity contribution in [2.24, 2.45) is 4.99 Å². The number of carbonyl (C=O) groups is 2. The number of sulfone groups is 1. The summed E-state index contributed by atoms with van der Waals surface area (Å²) in [5, 5.41) is 2.98. The van der Waals surface area contributed by atoms with E-state index in [1.54, 1.807) is 20.8 Å². The summed E-state index contributed by atoms with van der Waals surface area (Å²) in [5.41, 5.74) is 1.15. The average Bonchev–Trinajstić information content (AvgIpc) is 3.25. The van der Waals surface area contributed by atoms with Crippen LogP contribution in [0.2, 0.25) is 0 Å². The SMILES string of the molecule is CC(C)(C)OC(=O)NC(Cc1ccccc1)C(=O)N=C1SC2CS(=O)(=O)CC2N1Cc1ccccc1. The van der Waals surface area contributed by atoms with Crippen LogP contribution in [0.1, 0.15) is 31.9 Å². The number of carbonyl (C=O) groups excluding carboxylic acids is 2. The van der Waals surface area contributed by atoms with Gasteiger partial charge in [0.05, 0.1) is 17.5 Å². The molecule has 0 aliphatic carbocycles. The summed E-state index contributed by atoms with van der Waals surface area (Å²) >= 11 is 1.32. The van der Waals surface area contributed by atoms with Crippen LogP contribution in [0.15, 0.2) is 65.7 Å². The largest absolute Gasteiger partial charge is 0.444 e. The van der Waals surface area contributed by atoms with E-state index in [-0.39, 0.29) is 29.2 Å². The monoisotopic (exact) mass is 529 g/mol. The number of amides is 2. The molecule has 2 fully saturated rings. The van der Waals surface area contributed by atoms with E-state index in [0.717, 1.165) is 11.1 Å². The first kappa shape index (κ1) is 26.2. The number of amidine groups is 1. The lowest BCUT2D eigenvalue weighted by atomic mass is 10.1. The van der Waals surface area contributed by atoms with Gasteiger partial charge in [0.15, 0.2) is 15.0 Å². The maximum atomic E-state index is 13.4. The summed E-state index contributed by atoms with van der Waals surface area (Å²) in [7, 11) is -3.15. The number of nitrogens with zero attached hydrogens (tertiary/aromatic N) is 2. The fraction of sp³-hybridized carbons (Fsp3) is 0.423. The minimum Gasteiger partial charge on any atom is -0.444 e. The second-order valence-corrected chi connectivity index (χ2v) is 13.4. The third kappa shape index (κ3) is 6.88. The molecular formula is C26H31N3O5S2. The molecule has 2 saturated heterocycles. The number of alkyl carbamates (subject to hydrolysis) is 1. The van der Waals surface area contributed by atoms with Gasteiger partial charge >= 0.3 is 6.09 Å². The molecule has 0 radical (unpaired) electrons. The van der Waals surface area contributed by atoms with Gasteiger partial charge in [0, 0.05) is 18.2 Å². The molecule has 2 aromatic carbocycles. The second-order valence-electron chi connectivity index (χ2n) is 10.0. The van der Waals surface area contributed by atoms with Gasteiger partial charge in [-0.05, 0) is 31.9 Å². The molecule has 0 spiro atoms. The number of fused-ring (bicyclic) bond motifs is 1. The molecular weight excluding hydrogens is 498 g/mol. The number of hydrogen-bond acceptors (Lipinski definition) is 6. The van der Waals surface area contributed by atoms with E-state index in [2.05, 4.69) is 10.3 Å². The predicted octanol–water partition coefficient (Wildman–Crippen LogP) is 3.42. The van der Waals surface area contributed by atoms with Gasteiger partial charge in [0.1, 0.15) is 11.6 Å². The summed E-state index contributed by atoms with van der Waals surface area (Å²) < 4.78 is 30.0. The number of ether oxygens (including phenoxy) is 1. The lowest BCUT2D eigenvalue weighted by molar-refractivity contribution is -0.119. The Kier molecular flexibility index (Phi) is 7.75. The maximum absolute atomic E-state index is 13.4. The van der Waals surface area contributed by atoms with E-state index in [4.69, 9.17) is 4.74 Å². The van der Waals surface area contributed by atoms with Crippen molar-refractivity contribution >= 4 is 38.8 Å². The normalized spacial score (nSPS) is 22.8. The molecule has 36 heavy (non-hydrogen) atoms. The molecule has 3 unspecified atom stereocenters. The Morgan fingerprint density at radius 2 is 1.67 bits per heavy atom. The Labute approximate surface area is 216 Å². The molecule has 2 aromatic rings. The van der Waals surface area contributed by atoms with Gasteiger partial charge in [-0.3, -0.25) is 4.79 Å². The Morgan fingerprint density at radius 3 is 2.28 bits per heavy atom. The first-order chi connectivity index (χ1) is 17.0. The Bertz CT molecular complexity index is 1230. The Balaban J connectivity index is 1.59. The van der Waals surface area contributed by atoms with Gasteiger partial charge in [0.25, 0.3) is 5.91 Å². The highest BCUT2D eigenvalue weighted by Crippen LogP contribution is 2.39. The van der Waals surface area contributed by atoms with E-state index in [1.807, 2.05) is 65.6 Å². The quantitative estimate of drug-likeness (QED) is 0.611. The first-order valence-corrected chi connectivity index (χ1v) is 14.5. The summed E-state index contributed by atoms with van der Waals surface area (Å²) in [6, 6.07) is 17.9. The van der Waals surface area contributed by atoms with Crippen molar-refractivity contribution in [1.82, 2.24) is 10.2 Å². The fourth-order valence-corrected chi connectivity index (χ4v) is 8.23. The molecule has 3 atom stereocenters. The van der Waals surface area contributed by atoms with Gasteiger partial charge in [0.2, 0.25) is 0 Å². The van der Waals surface area contributed by atoms with Gasteiger partial charge in [-0.25, -0.2) is 13.2 Å². The van der Waals surface area contributed by atoms with Crippen molar-refractivity contribution in [3.05, 3.63) is 71.8 Å². The van der Waals surface area contributed by atoms with Crippen LogP contribution in [0.5, 0.6) is 0 Å². The molecule has 192 valence electrons. The molecule has 8 nitrogen and oxygen atoms in total. The number of thioether (sulfide) groups is 1. The third-order valence-corrected chi connectivity index (χ3v) is 9.10. The lowest BCUT2D eigenvalue weighted by Gasteiger charge is -2.25. The van der Waals surface area contributed by atoms with Gasteiger partial charge in [-0.1, -0.05) is 72.4 Å². The van der Waals surface area contributed by atoms with Crippen LogP contribution in [0.3, 0.4) is 0 Å². The number of benzene rings is 2. The standard InChI is InChI=1S/C26H31N3O5S2/c1-26(2,3)34-25(31)27-20(14-18-10-6-4-7-11-18)23(30)28-24-29(15-19-12-8-5-9-13-19)21-16-36(32,33)17-22(21)35-24/h4-13,20-22H,14-17H2,1-3H3,(H,27,31). The van der Waals surface area contributed by atoms with Crippen LogP contribution >= 0.6 is 11.8 Å². The Morgan fingerprint density at radius 1 is 1.06 bits per heavy atom. The summed E-state index contributed by atoms with van der Waals surface area (Å²) in [4.78, 5) is 32.3. The average molecular weight is 530 g/mol. The van der Waals surface area contributed by atoms with E-state index in [0.29, 0.717) is 11.7 Å². The molecule has 0 aromatic heterocycles. The van der Waals surface area contributed by atoms with E-state index < -0.39 is 33.5 Å². The Hall–Kier alpha value is -2.85. The van der Waals surface area contributed by atoms with Crippen LogP contribution in [0.4, 0.5) is 4.79 Å². The fourth-order valence-electron chi connectivity index (χ4n) is 4.27. The number of aliphatic imine (C=N–C) groups is 1. The van der Waals surface area contributed by atoms with Crippen LogP contribution in [0, 0.1) is 0 Å². The highest BCUT2D eigenvalue weighted by molar-refractivity contribution is 8.15. The summed E-state index contributed by atoms with van der Waals surface area (Å²) in [6.45, 7) is 5.71. The minimum atomic E-state index is -3.15. The van der Waals surface area contributed by atoms with Gasteiger partial charge < -0.3 is 15.0 Å². The van der Waals surface area contributed by atoms with Gasteiger partial charge in [-0.2, -0.15) is 4.99 Å². The maximum Gasteiger partial charge on any atom is 0.408 e. The van der Waals surface area contributed by atoms with Crippen LogP contribution in [0.25, 0.3) is 0 Å². The molecule has 4 rings (SSSR count). The number of rotatable bonds is 6. The van der Waals surface area contributed by atoms with E-state index in [9.17, 15) is 18.0 Å². The zero-order valence-electron chi connectivity index (χ0n) is 20.6. The molecule has 0 saturated carbocycles. The highest BCUT2D eigenvalue weighted by atomic mass is 32.2. The van der Waals surface area contributed by atoms with Crippen LogP contribution in [-0.4, -0.2) is 64.9 Å². The first-order valence-electron chi connectivity index (χ1n) is 11.8. The molecule has 2 amide bonds. The van der Waals surface area contributed by atoms with Crippen molar-refractivity contribution in [1.29, 1.82) is 0 Å². The molecule has 2 aliphatic heterocycles. The summed E-state index contributed by atoms with van der Waals surface area (Å²) in [5.74, 6) is -0.410. The molecule has 2 heterocycles. The van der Waals surface area contributed by atoms with Crippen molar-refractivity contribution in [3.8, 4) is 0 Å². The minimum absolute atomic E-state index is 0.0360. The smallest absolute Gasteiger partial charge is 0.408 e. The lowest BCUT2D eigenvalue weighted by Crippen LogP contribution is -2.45. The second kappa shape index (κ2) is 10.6. The number of hydrogen-bond donors (Lipinski definition) is 1. The molecule has 1 N–H and O–H groups in total. The van der Waals surface area contributed by atoms with Crippen molar-refractivity contribution in [3.63, 3.8) is 0 Å². The predicted molar refractivity (Wildman–Crippen MR) is 142 cm³/mol. The van der Waals surface area contributed by atoms with Gasteiger partial charge in [-0.15, -0.1) is 0 Å².